The Balaban J connectivity index is 1.45. The SMILES string of the molecule is CS(=O)(=O)N[C@H]1CCCN[C@H]1COC1CCC(N(C(=O)OCC=O)C2CC2)CC1. The first-order valence-corrected chi connectivity index (χ1v) is 12.5. The molecular formula is C19H33N3O6S. The summed E-state index contributed by atoms with van der Waals surface area (Å²) in [5.41, 5.74) is 0. The van der Waals surface area contributed by atoms with Crippen LogP contribution in [0.15, 0.2) is 0 Å². The number of sulfonamides is 1. The number of carbonyl (C=O) groups is 2. The summed E-state index contributed by atoms with van der Waals surface area (Å²) in [6.45, 7) is 1.13. The Morgan fingerprint density at radius 2 is 1.79 bits per heavy atom. The van der Waals surface area contributed by atoms with Crippen molar-refractivity contribution in [2.24, 2.45) is 0 Å². The normalized spacial score (nSPS) is 30.5. The fourth-order valence-corrected chi connectivity index (χ4v) is 5.23. The predicted molar refractivity (Wildman–Crippen MR) is 107 cm³/mol. The number of hydrogen-bond acceptors (Lipinski definition) is 7. The maximum atomic E-state index is 12.3. The minimum absolute atomic E-state index is 0.0301. The van der Waals surface area contributed by atoms with Gasteiger partial charge in [-0.1, -0.05) is 0 Å². The van der Waals surface area contributed by atoms with Crippen LogP contribution in [0.4, 0.5) is 4.79 Å². The van der Waals surface area contributed by atoms with E-state index < -0.39 is 10.0 Å². The van der Waals surface area contributed by atoms with E-state index in [0.717, 1.165) is 57.9 Å². The Hall–Kier alpha value is -1.23. The van der Waals surface area contributed by atoms with Crippen molar-refractivity contribution in [1.82, 2.24) is 14.9 Å². The van der Waals surface area contributed by atoms with Crippen molar-refractivity contribution in [3.8, 4) is 0 Å². The number of nitrogens with zero attached hydrogens (tertiary/aromatic N) is 1. The van der Waals surface area contributed by atoms with E-state index in [4.69, 9.17) is 9.47 Å². The van der Waals surface area contributed by atoms with Crippen molar-refractivity contribution in [2.45, 2.75) is 81.6 Å². The van der Waals surface area contributed by atoms with Crippen LogP contribution in [-0.2, 0) is 24.3 Å². The molecule has 2 atom stereocenters. The summed E-state index contributed by atoms with van der Waals surface area (Å²) in [4.78, 5) is 24.6. The van der Waals surface area contributed by atoms with Crippen LogP contribution in [-0.4, -0.2) is 82.0 Å². The number of nitrogens with one attached hydrogen (secondary N) is 2. The largest absolute Gasteiger partial charge is 0.442 e. The standard InChI is InChI=1S/C19H33N3O6S/c1-29(25,26)21-17-3-2-10-20-18(17)13-28-16-8-6-15(7-9-16)22(14-4-5-14)19(24)27-12-11-23/h11,14-18,20-21H,2-10,12-13H2,1H3/t15?,16?,17-,18-/m0/s1. The molecule has 3 aliphatic rings. The molecule has 1 saturated heterocycles. The van der Waals surface area contributed by atoms with Crippen molar-refractivity contribution in [1.29, 1.82) is 0 Å². The molecule has 1 heterocycles. The van der Waals surface area contributed by atoms with E-state index in [1.807, 2.05) is 4.90 Å². The van der Waals surface area contributed by atoms with Gasteiger partial charge in [-0.2, -0.15) is 0 Å². The van der Waals surface area contributed by atoms with Gasteiger partial charge in [-0.05, 0) is 57.9 Å². The minimum atomic E-state index is -3.25. The molecule has 29 heavy (non-hydrogen) atoms. The van der Waals surface area contributed by atoms with Gasteiger partial charge in [-0.15, -0.1) is 0 Å². The molecule has 0 aromatic carbocycles. The van der Waals surface area contributed by atoms with Crippen molar-refractivity contribution in [3.63, 3.8) is 0 Å². The summed E-state index contributed by atoms with van der Waals surface area (Å²) < 4.78 is 37.0. The molecule has 3 fully saturated rings. The Kier molecular flexibility index (Phi) is 7.89. The number of carbonyl (C=O) groups excluding carboxylic acids is 2. The lowest BCUT2D eigenvalue weighted by molar-refractivity contribution is -0.110. The quantitative estimate of drug-likeness (QED) is 0.519. The van der Waals surface area contributed by atoms with Gasteiger partial charge in [0.2, 0.25) is 10.0 Å². The minimum Gasteiger partial charge on any atom is -0.442 e. The molecule has 166 valence electrons. The van der Waals surface area contributed by atoms with Gasteiger partial charge in [-0.3, -0.25) is 4.79 Å². The van der Waals surface area contributed by atoms with Crippen LogP contribution in [0.5, 0.6) is 0 Å². The van der Waals surface area contributed by atoms with Gasteiger partial charge in [-0.25, -0.2) is 17.9 Å². The fraction of sp³-hybridized carbons (Fsp3) is 0.895. The van der Waals surface area contributed by atoms with Crippen LogP contribution in [0.1, 0.15) is 51.4 Å². The number of ether oxygens (including phenoxy) is 2. The Bertz CT molecular complexity index is 661. The second-order valence-corrected chi connectivity index (χ2v) is 10.1. The molecule has 0 bridgehead atoms. The molecule has 2 aliphatic carbocycles. The molecular weight excluding hydrogens is 398 g/mol. The van der Waals surface area contributed by atoms with Gasteiger partial charge in [0.15, 0.2) is 6.29 Å². The van der Waals surface area contributed by atoms with E-state index in [-0.39, 0.29) is 43.0 Å². The summed E-state index contributed by atoms with van der Waals surface area (Å²) in [6.07, 6.45) is 8.64. The first-order chi connectivity index (χ1) is 13.9. The number of hydrogen-bond donors (Lipinski definition) is 2. The molecule has 0 unspecified atom stereocenters. The van der Waals surface area contributed by atoms with Gasteiger partial charge in [0, 0.05) is 24.2 Å². The molecule has 1 aliphatic heterocycles. The van der Waals surface area contributed by atoms with Crippen molar-refractivity contribution >= 4 is 22.4 Å². The molecule has 10 heteroatoms. The number of piperidine rings is 1. The zero-order valence-corrected chi connectivity index (χ0v) is 17.9. The third kappa shape index (κ3) is 6.91. The van der Waals surface area contributed by atoms with E-state index >= 15 is 0 Å². The highest BCUT2D eigenvalue weighted by atomic mass is 32.2. The van der Waals surface area contributed by atoms with Crippen molar-refractivity contribution < 1.29 is 27.5 Å². The average molecular weight is 432 g/mol. The Labute approximate surface area is 172 Å². The van der Waals surface area contributed by atoms with Crippen molar-refractivity contribution in [3.05, 3.63) is 0 Å². The number of amides is 1. The highest BCUT2D eigenvalue weighted by molar-refractivity contribution is 7.88. The lowest BCUT2D eigenvalue weighted by atomic mass is 9.91. The summed E-state index contributed by atoms with van der Waals surface area (Å²) in [7, 11) is -3.25. The molecule has 3 rings (SSSR count). The summed E-state index contributed by atoms with van der Waals surface area (Å²) in [5, 5.41) is 3.37. The van der Waals surface area contributed by atoms with Gasteiger partial charge < -0.3 is 19.7 Å². The maximum Gasteiger partial charge on any atom is 0.410 e. The zero-order chi connectivity index (χ0) is 20.9. The van der Waals surface area contributed by atoms with Crippen LogP contribution in [0.2, 0.25) is 0 Å². The molecule has 1 amide bonds. The van der Waals surface area contributed by atoms with E-state index in [9.17, 15) is 18.0 Å². The Morgan fingerprint density at radius 3 is 2.38 bits per heavy atom. The van der Waals surface area contributed by atoms with Crippen LogP contribution < -0.4 is 10.0 Å². The molecule has 2 N–H and O–H groups in total. The second-order valence-electron chi connectivity index (χ2n) is 8.35. The zero-order valence-electron chi connectivity index (χ0n) is 17.0. The Morgan fingerprint density at radius 1 is 1.14 bits per heavy atom. The van der Waals surface area contributed by atoms with Crippen molar-refractivity contribution in [2.75, 3.05) is 26.0 Å². The number of rotatable bonds is 9. The monoisotopic (exact) mass is 431 g/mol. The fourth-order valence-electron chi connectivity index (χ4n) is 4.40. The lowest BCUT2D eigenvalue weighted by Gasteiger charge is -2.38. The maximum absolute atomic E-state index is 12.3. The molecule has 9 nitrogen and oxygen atoms in total. The molecule has 0 radical (unpaired) electrons. The van der Waals surface area contributed by atoms with Crippen LogP contribution in [0, 0.1) is 0 Å². The molecule has 2 saturated carbocycles. The lowest BCUT2D eigenvalue weighted by Crippen LogP contribution is -2.55. The summed E-state index contributed by atoms with van der Waals surface area (Å²) >= 11 is 0. The van der Waals surface area contributed by atoms with E-state index in [0.29, 0.717) is 12.9 Å². The topological polar surface area (TPSA) is 114 Å². The molecule has 0 aromatic heterocycles. The average Bonchev–Trinajstić information content (AvgIpc) is 3.51. The van der Waals surface area contributed by atoms with Crippen LogP contribution in [0.3, 0.4) is 0 Å². The van der Waals surface area contributed by atoms with Gasteiger partial charge >= 0.3 is 6.09 Å². The van der Waals surface area contributed by atoms with Gasteiger partial charge in [0.05, 0.1) is 19.0 Å². The summed E-state index contributed by atoms with van der Waals surface area (Å²) in [6, 6.07) is 0.199. The van der Waals surface area contributed by atoms with Gasteiger partial charge in [0.1, 0.15) is 6.61 Å². The van der Waals surface area contributed by atoms with E-state index in [2.05, 4.69) is 10.0 Å². The second kappa shape index (κ2) is 10.2. The van der Waals surface area contributed by atoms with E-state index in [1.54, 1.807) is 0 Å². The van der Waals surface area contributed by atoms with Crippen LogP contribution in [0.25, 0.3) is 0 Å². The third-order valence-electron chi connectivity index (χ3n) is 5.92. The third-order valence-corrected chi connectivity index (χ3v) is 6.66. The first kappa shape index (κ1) is 22.5. The van der Waals surface area contributed by atoms with E-state index in [1.165, 1.54) is 6.26 Å². The highest BCUT2D eigenvalue weighted by Gasteiger charge is 2.40. The predicted octanol–water partition coefficient (Wildman–Crippen LogP) is 0.784. The summed E-state index contributed by atoms with van der Waals surface area (Å²) in [5.74, 6) is 0. The van der Waals surface area contributed by atoms with Gasteiger partial charge in [0.25, 0.3) is 0 Å². The highest BCUT2D eigenvalue weighted by Crippen LogP contribution is 2.35. The van der Waals surface area contributed by atoms with Crippen LogP contribution >= 0.6 is 0 Å². The smallest absolute Gasteiger partial charge is 0.410 e. The molecule has 0 aromatic rings. The first-order valence-electron chi connectivity index (χ1n) is 10.6. The number of aldehydes is 1. The molecule has 0 spiro atoms.